The monoisotopic (exact) mass is 188 g/mol. The molecule has 0 aliphatic heterocycles. The van der Waals surface area contributed by atoms with E-state index in [1.165, 1.54) is 44.9 Å². The summed E-state index contributed by atoms with van der Waals surface area (Å²) in [4.78, 5) is 0. The summed E-state index contributed by atoms with van der Waals surface area (Å²) >= 11 is 0. The third-order valence-electron chi connectivity index (χ3n) is 3.27. The molecule has 2 aliphatic carbocycles. The summed E-state index contributed by atoms with van der Waals surface area (Å²) in [6, 6.07) is 0. The highest BCUT2D eigenvalue weighted by Gasteiger charge is 2.11. The van der Waals surface area contributed by atoms with Gasteiger partial charge in [0, 0.05) is 0 Å². The molecule has 0 bridgehead atoms. The molecule has 0 fully saturated rings. The van der Waals surface area contributed by atoms with Gasteiger partial charge in [0.15, 0.2) is 0 Å². The second-order valence-electron chi connectivity index (χ2n) is 4.50. The summed E-state index contributed by atoms with van der Waals surface area (Å²) in [7, 11) is 0. The Bertz CT molecular complexity index is 255. The molecule has 0 saturated heterocycles. The second-order valence-corrected chi connectivity index (χ2v) is 4.50. The van der Waals surface area contributed by atoms with Crippen LogP contribution in [0.3, 0.4) is 0 Å². The van der Waals surface area contributed by atoms with Crippen molar-refractivity contribution in [2.75, 3.05) is 0 Å². The Morgan fingerprint density at radius 1 is 1.14 bits per heavy atom. The lowest BCUT2D eigenvalue weighted by Crippen LogP contribution is -2.03. The highest BCUT2D eigenvalue weighted by Crippen LogP contribution is 2.28. The summed E-state index contributed by atoms with van der Waals surface area (Å²) < 4.78 is 0. The fourth-order valence-corrected chi connectivity index (χ4v) is 2.41. The van der Waals surface area contributed by atoms with Crippen molar-refractivity contribution in [1.82, 2.24) is 0 Å². The minimum atomic E-state index is 0.928. The van der Waals surface area contributed by atoms with Crippen LogP contribution < -0.4 is 0 Å². The predicted molar refractivity (Wildman–Crippen MR) is 62.2 cm³/mol. The lowest BCUT2D eigenvalue weighted by molar-refractivity contribution is 0.469. The molecule has 1 unspecified atom stereocenters. The van der Waals surface area contributed by atoms with Crippen molar-refractivity contribution in [3.05, 3.63) is 36.0 Å². The largest absolute Gasteiger partial charge is 0.0885 e. The van der Waals surface area contributed by atoms with Crippen molar-refractivity contribution >= 4 is 0 Å². The number of rotatable bonds is 2. The quantitative estimate of drug-likeness (QED) is 0.563. The van der Waals surface area contributed by atoms with Crippen LogP contribution in [-0.2, 0) is 0 Å². The van der Waals surface area contributed by atoms with Gasteiger partial charge < -0.3 is 0 Å². The molecular weight excluding hydrogens is 168 g/mol. The Balaban J connectivity index is 1.86. The molecule has 0 amide bonds. The van der Waals surface area contributed by atoms with E-state index < -0.39 is 0 Å². The highest BCUT2D eigenvalue weighted by atomic mass is 14.2. The van der Waals surface area contributed by atoms with E-state index >= 15 is 0 Å². The van der Waals surface area contributed by atoms with Gasteiger partial charge in [-0.3, -0.25) is 0 Å². The van der Waals surface area contributed by atoms with E-state index in [4.69, 9.17) is 0 Å². The molecule has 0 aromatic carbocycles. The van der Waals surface area contributed by atoms with Gasteiger partial charge in [-0.2, -0.15) is 0 Å². The van der Waals surface area contributed by atoms with Crippen molar-refractivity contribution in [2.45, 2.75) is 44.9 Å². The normalized spacial score (nSPS) is 27.1. The zero-order chi connectivity index (χ0) is 9.64. The molecule has 14 heavy (non-hydrogen) atoms. The first-order valence-corrected chi connectivity index (χ1v) is 5.95. The maximum absolute atomic E-state index is 2.36. The molecule has 0 heterocycles. The molecule has 76 valence electrons. The maximum Gasteiger partial charge on any atom is -0.0286 e. The van der Waals surface area contributed by atoms with Gasteiger partial charge in [0.1, 0.15) is 0 Å². The first-order chi connectivity index (χ1) is 6.95. The van der Waals surface area contributed by atoms with Gasteiger partial charge in [0.25, 0.3) is 0 Å². The third-order valence-corrected chi connectivity index (χ3v) is 3.27. The van der Waals surface area contributed by atoms with Gasteiger partial charge in [-0.15, -0.1) is 0 Å². The topological polar surface area (TPSA) is 0 Å². The van der Waals surface area contributed by atoms with Gasteiger partial charge in [0.05, 0.1) is 0 Å². The van der Waals surface area contributed by atoms with Gasteiger partial charge >= 0.3 is 0 Å². The first kappa shape index (κ1) is 9.76. The molecule has 1 atom stereocenters. The van der Waals surface area contributed by atoms with Crippen molar-refractivity contribution in [3.63, 3.8) is 0 Å². The molecule has 0 saturated carbocycles. The lowest BCUT2D eigenvalue weighted by atomic mass is 9.87. The summed E-state index contributed by atoms with van der Waals surface area (Å²) in [6.45, 7) is 0. The van der Waals surface area contributed by atoms with Crippen LogP contribution in [0.4, 0.5) is 0 Å². The Hall–Kier alpha value is -0.780. The van der Waals surface area contributed by atoms with Gasteiger partial charge in [-0.1, -0.05) is 36.0 Å². The first-order valence-electron chi connectivity index (χ1n) is 5.95. The molecule has 2 aliphatic rings. The van der Waals surface area contributed by atoms with E-state index in [0.29, 0.717) is 0 Å². The molecular formula is C14H20. The van der Waals surface area contributed by atoms with Crippen molar-refractivity contribution in [2.24, 2.45) is 5.92 Å². The van der Waals surface area contributed by atoms with Crippen LogP contribution in [0.25, 0.3) is 0 Å². The molecule has 0 nitrogen and oxygen atoms in total. The van der Waals surface area contributed by atoms with E-state index in [0.717, 1.165) is 5.92 Å². The van der Waals surface area contributed by atoms with Crippen molar-refractivity contribution in [1.29, 1.82) is 0 Å². The van der Waals surface area contributed by atoms with E-state index in [9.17, 15) is 0 Å². The van der Waals surface area contributed by atoms with Crippen LogP contribution in [0.5, 0.6) is 0 Å². The summed E-state index contributed by atoms with van der Waals surface area (Å²) in [5.74, 6) is 0.928. The van der Waals surface area contributed by atoms with E-state index in [1.807, 2.05) is 0 Å². The zero-order valence-corrected chi connectivity index (χ0v) is 8.91. The van der Waals surface area contributed by atoms with Crippen LogP contribution in [-0.4, -0.2) is 0 Å². The Kier molecular flexibility index (Phi) is 3.62. The highest BCUT2D eigenvalue weighted by molar-refractivity contribution is 5.16. The number of allylic oxidation sites excluding steroid dienone is 6. The number of hydrogen-bond acceptors (Lipinski definition) is 0. The van der Waals surface area contributed by atoms with Crippen LogP contribution in [0.2, 0.25) is 0 Å². The second kappa shape index (κ2) is 5.19. The predicted octanol–water partition coefficient (Wildman–Crippen LogP) is 4.40. The minimum Gasteiger partial charge on any atom is -0.0885 e. The van der Waals surface area contributed by atoms with Crippen LogP contribution in [0, 0.1) is 5.92 Å². The summed E-state index contributed by atoms with van der Waals surface area (Å²) in [6.07, 6.45) is 20.9. The summed E-state index contributed by atoms with van der Waals surface area (Å²) in [5.41, 5.74) is 1.68. The molecule has 0 aromatic rings. The van der Waals surface area contributed by atoms with Crippen LogP contribution >= 0.6 is 0 Å². The molecule has 0 spiro atoms. The zero-order valence-electron chi connectivity index (χ0n) is 8.91. The third kappa shape index (κ3) is 2.87. The Morgan fingerprint density at radius 2 is 2.14 bits per heavy atom. The molecule has 0 heteroatoms. The average molecular weight is 188 g/mol. The molecule has 0 radical (unpaired) electrons. The summed E-state index contributed by atoms with van der Waals surface area (Å²) in [5, 5.41) is 0. The maximum atomic E-state index is 2.36. The fraction of sp³-hybridized carbons (Fsp3) is 0.571. The standard InChI is InChI=1S/C14H20/c1-2-5-9-13(8-4-1)12-14-10-6-3-7-11-14/h1,3-4,6,8,14H,2,5,7,9-12H2. The van der Waals surface area contributed by atoms with E-state index in [2.05, 4.69) is 30.4 Å². The van der Waals surface area contributed by atoms with E-state index in [1.54, 1.807) is 5.57 Å². The van der Waals surface area contributed by atoms with Crippen molar-refractivity contribution < 1.29 is 0 Å². The fourth-order valence-electron chi connectivity index (χ4n) is 2.41. The molecule has 0 N–H and O–H groups in total. The lowest BCUT2D eigenvalue weighted by Gasteiger charge is -2.18. The smallest absolute Gasteiger partial charge is 0.0286 e. The van der Waals surface area contributed by atoms with Crippen LogP contribution in [0.1, 0.15) is 44.9 Å². The Labute approximate surface area is 87.4 Å². The minimum absolute atomic E-state index is 0.928. The molecule has 0 aromatic heterocycles. The van der Waals surface area contributed by atoms with Gasteiger partial charge in [0.2, 0.25) is 0 Å². The van der Waals surface area contributed by atoms with Gasteiger partial charge in [-0.05, 0) is 50.9 Å². The average Bonchev–Trinajstić information content (AvgIpc) is 2.48. The van der Waals surface area contributed by atoms with E-state index in [-0.39, 0.29) is 0 Å². The van der Waals surface area contributed by atoms with Crippen molar-refractivity contribution in [3.8, 4) is 0 Å². The Morgan fingerprint density at radius 3 is 3.00 bits per heavy atom. The molecule has 2 rings (SSSR count). The van der Waals surface area contributed by atoms with Gasteiger partial charge in [-0.25, -0.2) is 0 Å². The number of hydrogen-bond donors (Lipinski definition) is 0. The SMILES string of the molecule is C1=CCCCC(CC2CC=CCC2)=C1. The van der Waals surface area contributed by atoms with Crippen LogP contribution in [0.15, 0.2) is 36.0 Å².